The molecule has 1 aromatic carbocycles. The number of likely N-dealkylation sites (N-methyl/N-ethyl adjacent to an activating group) is 2. The molecule has 1 saturated heterocycles. The van der Waals surface area contributed by atoms with E-state index in [4.69, 9.17) is 23.2 Å². The van der Waals surface area contributed by atoms with E-state index >= 15 is 0 Å². The van der Waals surface area contributed by atoms with Gasteiger partial charge in [0.15, 0.2) is 0 Å². The van der Waals surface area contributed by atoms with E-state index in [1.54, 1.807) is 0 Å². The first-order valence-corrected chi connectivity index (χ1v) is 7.29. The predicted octanol–water partition coefficient (Wildman–Crippen LogP) is 3.61. The topological polar surface area (TPSA) is 6.48 Å². The number of alkyl halides is 1. The van der Waals surface area contributed by atoms with Crippen LogP contribution in [-0.4, -0.2) is 38.1 Å². The summed E-state index contributed by atoms with van der Waals surface area (Å²) < 4.78 is 0. The van der Waals surface area contributed by atoms with Crippen LogP contribution in [0.25, 0.3) is 0 Å². The zero-order chi connectivity index (χ0) is 13.1. The van der Waals surface area contributed by atoms with Crippen molar-refractivity contribution < 1.29 is 0 Å². The number of hydrogen-bond acceptors (Lipinski definition) is 2. The van der Waals surface area contributed by atoms with E-state index < -0.39 is 0 Å². The van der Waals surface area contributed by atoms with Gasteiger partial charge in [0.05, 0.1) is 5.88 Å². The van der Waals surface area contributed by atoms with Gasteiger partial charge in [-0.25, -0.2) is 0 Å². The smallest absolute Gasteiger partial charge is 0.0509 e. The van der Waals surface area contributed by atoms with Crippen molar-refractivity contribution in [3.05, 3.63) is 28.8 Å². The molecule has 0 amide bonds. The Balaban J connectivity index is 2.22. The van der Waals surface area contributed by atoms with Gasteiger partial charge >= 0.3 is 0 Å². The van der Waals surface area contributed by atoms with Crippen LogP contribution in [0.1, 0.15) is 18.4 Å². The predicted molar refractivity (Wildman–Crippen MR) is 79.9 cm³/mol. The lowest BCUT2D eigenvalue weighted by Gasteiger charge is -2.38. The first kappa shape index (κ1) is 14.0. The maximum Gasteiger partial charge on any atom is 0.0509 e. The second-order valence-corrected chi connectivity index (χ2v) is 5.71. The van der Waals surface area contributed by atoms with Crippen LogP contribution in [-0.2, 0) is 5.88 Å². The molecular formula is C14H20Cl2N2. The molecule has 1 atom stereocenters. The van der Waals surface area contributed by atoms with Gasteiger partial charge in [-0.3, -0.25) is 0 Å². The molecule has 2 nitrogen and oxygen atoms in total. The number of piperidine rings is 1. The number of likely N-dealkylation sites (tertiary alicyclic amines) is 1. The molecule has 0 radical (unpaired) electrons. The van der Waals surface area contributed by atoms with Crippen molar-refractivity contribution >= 4 is 28.9 Å². The van der Waals surface area contributed by atoms with Crippen LogP contribution in [0.2, 0.25) is 5.02 Å². The van der Waals surface area contributed by atoms with Crippen molar-refractivity contribution in [1.29, 1.82) is 0 Å². The van der Waals surface area contributed by atoms with Crippen LogP contribution in [0.15, 0.2) is 18.2 Å². The van der Waals surface area contributed by atoms with Gasteiger partial charge in [-0.1, -0.05) is 17.7 Å². The summed E-state index contributed by atoms with van der Waals surface area (Å²) in [4.78, 5) is 4.72. The van der Waals surface area contributed by atoms with Crippen molar-refractivity contribution in [2.45, 2.75) is 24.8 Å². The minimum Gasteiger partial charge on any atom is -0.370 e. The Kier molecular flexibility index (Phi) is 4.77. The van der Waals surface area contributed by atoms with Gasteiger partial charge in [-0.05, 0) is 38.6 Å². The summed E-state index contributed by atoms with van der Waals surface area (Å²) in [5.74, 6) is 0.460. The fourth-order valence-electron chi connectivity index (χ4n) is 2.66. The Morgan fingerprint density at radius 2 is 2.22 bits per heavy atom. The van der Waals surface area contributed by atoms with Crippen LogP contribution < -0.4 is 4.90 Å². The zero-order valence-corrected chi connectivity index (χ0v) is 12.5. The summed E-state index contributed by atoms with van der Waals surface area (Å²) in [5, 5.41) is 0.763. The normalized spacial score (nSPS) is 21.0. The van der Waals surface area contributed by atoms with Crippen molar-refractivity contribution in [3.63, 3.8) is 0 Å². The van der Waals surface area contributed by atoms with E-state index in [1.807, 2.05) is 12.1 Å². The Morgan fingerprint density at radius 3 is 2.89 bits per heavy atom. The fourth-order valence-corrected chi connectivity index (χ4v) is 3.25. The first-order chi connectivity index (χ1) is 8.63. The largest absolute Gasteiger partial charge is 0.370 e. The number of nitrogens with zero attached hydrogens (tertiary/aromatic N) is 2. The number of hydrogen-bond donors (Lipinski definition) is 0. The standard InChI is InChI=1S/C14H20Cl2N2/c1-17-8-4-5-11(10-17)18(2)14-7-3-6-13(16)12(14)9-15/h3,6-7,11H,4-5,8-10H2,1-2H3. The molecule has 1 heterocycles. The molecule has 0 saturated carbocycles. The monoisotopic (exact) mass is 286 g/mol. The highest BCUT2D eigenvalue weighted by Crippen LogP contribution is 2.30. The van der Waals surface area contributed by atoms with Crippen molar-refractivity contribution in [1.82, 2.24) is 4.90 Å². The van der Waals surface area contributed by atoms with Crippen LogP contribution in [0, 0.1) is 0 Å². The number of benzene rings is 1. The summed E-state index contributed by atoms with van der Waals surface area (Å²) in [7, 11) is 4.33. The van der Waals surface area contributed by atoms with Gasteiger partial charge in [0, 0.05) is 35.9 Å². The summed E-state index contributed by atoms with van der Waals surface area (Å²) >= 11 is 12.2. The lowest BCUT2D eigenvalue weighted by molar-refractivity contribution is 0.248. The van der Waals surface area contributed by atoms with Crippen LogP contribution in [0.4, 0.5) is 5.69 Å². The average molecular weight is 287 g/mol. The lowest BCUT2D eigenvalue weighted by Crippen LogP contribution is -2.45. The maximum atomic E-state index is 6.22. The van der Waals surface area contributed by atoms with Gasteiger partial charge in [0.2, 0.25) is 0 Å². The Morgan fingerprint density at radius 1 is 1.44 bits per heavy atom. The van der Waals surface area contributed by atoms with E-state index in [-0.39, 0.29) is 0 Å². The van der Waals surface area contributed by atoms with Crippen LogP contribution >= 0.6 is 23.2 Å². The Hall–Kier alpha value is -0.440. The second-order valence-electron chi connectivity index (χ2n) is 5.04. The molecule has 1 aromatic rings. The van der Waals surface area contributed by atoms with Crippen molar-refractivity contribution in [2.24, 2.45) is 0 Å². The molecule has 0 spiro atoms. The minimum atomic E-state index is 0.460. The third-order valence-electron chi connectivity index (χ3n) is 3.76. The zero-order valence-electron chi connectivity index (χ0n) is 11.0. The van der Waals surface area contributed by atoms with Gasteiger partial charge in [0.1, 0.15) is 0 Å². The third kappa shape index (κ3) is 2.93. The van der Waals surface area contributed by atoms with Crippen LogP contribution in [0.3, 0.4) is 0 Å². The molecule has 1 aliphatic rings. The first-order valence-electron chi connectivity index (χ1n) is 6.38. The molecule has 4 heteroatoms. The van der Waals surface area contributed by atoms with Crippen molar-refractivity contribution in [3.8, 4) is 0 Å². The molecule has 1 unspecified atom stereocenters. The van der Waals surface area contributed by atoms with E-state index in [1.165, 1.54) is 19.4 Å². The fraction of sp³-hybridized carbons (Fsp3) is 0.571. The molecule has 1 aliphatic heterocycles. The lowest BCUT2D eigenvalue weighted by atomic mass is 10.0. The van der Waals surface area contributed by atoms with Gasteiger partial charge < -0.3 is 9.80 Å². The van der Waals surface area contributed by atoms with Crippen LogP contribution in [0.5, 0.6) is 0 Å². The SMILES string of the molecule is CN1CCCC(N(C)c2cccc(Cl)c2CCl)C1. The molecule has 0 aliphatic carbocycles. The quantitative estimate of drug-likeness (QED) is 0.784. The Bertz CT molecular complexity index is 409. The van der Waals surface area contributed by atoms with Gasteiger partial charge in [-0.15, -0.1) is 11.6 Å². The average Bonchev–Trinajstić information content (AvgIpc) is 2.37. The molecule has 0 N–H and O–H groups in total. The highest BCUT2D eigenvalue weighted by atomic mass is 35.5. The van der Waals surface area contributed by atoms with Gasteiger partial charge in [-0.2, -0.15) is 0 Å². The maximum absolute atomic E-state index is 6.22. The van der Waals surface area contributed by atoms with Gasteiger partial charge in [0.25, 0.3) is 0 Å². The highest BCUT2D eigenvalue weighted by Gasteiger charge is 2.23. The van der Waals surface area contributed by atoms with Crippen molar-refractivity contribution in [2.75, 3.05) is 32.1 Å². The number of rotatable bonds is 3. The minimum absolute atomic E-state index is 0.460. The molecule has 100 valence electrons. The summed E-state index contributed by atoms with van der Waals surface area (Å²) in [6.07, 6.45) is 2.48. The molecule has 0 aromatic heterocycles. The number of anilines is 1. The van der Waals surface area contributed by atoms with E-state index in [0.29, 0.717) is 11.9 Å². The number of halogens is 2. The third-order valence-corrected chi connectivity index (χ3v) is 4.38. The molecule has 1 fully saturated rings. The molecular weight excluding hydrogens is 267 g/mol. The highest BCUT2D eigenvalue weighted by molar-refractivity contribution is 6.32. The molecule has 0 bridgehead atoms. The summed E-state index contributed by atoms with van der Waals surface area (Å²) in [6.45, 7) is 2.30. The second kappa shape index (κ2) is 6.14. The van der Waals surface area contributed by atoms with E-state index in [9.17, 15) is 0 Å². The van der Waals surface area contributed by atoms with E-state index in [0.717, 1.165) is 22.8 Å². The Labute approximate surface area is 119 Å². The molecule has 2 rings (SSSR count). The van der Waals surface area contributed by atoms with E-state index in [2.05, 4.69) is 30.0 Å². The summed E-state index contributed by atoms with van der Waals surface area (Å²) in [5.41, 5.74) is 2.20. The summed E-state index contributed by atoms with van der Waals surface area (Å²) in [6, 6.07) is 6.56. The molecule has 18 heavy (non-hydrogen) atoms.